The lowest BCUT2D eigenvalue weighted by atomic mass is 9.98. The molecular weight excluding hydrogens is 216 g/mol. The summed E-state index contributed by atoms with van der Waals surface area (Å²) in [4.78, 5) is 2.53. The van der Waals surface area contributed by atoms with Crippen LogP contribution in [0.25, 0.3) is 0 Å². The van der Waals surface area contributed by atoms with Crippen LogP contribution in [0.2, 0.25) is 0 Å². The number of hydrogen-bond acceptors (Lipinski definition) is 4. The molecule has 2 fully saturated rings. The van der Waals surface area contributed by atoms with Crippen molar-refractivity contribution in [1.82, 2.24) is 10.2 Å². The number of nitrogens with zero attached hydrogens (tertiary/aromatic N) is 1. The highest BCUT2D eigenvalue weighted by atomic mass is 16.6. The molecule has 0 amide bonds. The van der Waals surface area contributed by atoms with E-state index in [-0.39, 0.29) is 11.6 Å². The second-order valence-corrected chi connectivity index (χ2v) is 5.50. The van der Waals surface area contributed by atoms with Crippen LogP contribution in [0.3, 0.4) is 0 Å². The first kappa shape index (κ1) is 13.3. The Morgan fingerprint density at radius 3 is 3.00 bits per heavy atom. The van der Waals surface area contributed by atoms with Gasteiger partial charge < -0.3 is 14.8 Å². The third-order valence-electron chi connectivity index (χ3n) is 3.90. The third-order valence-corrected chi connectivity index (χ3v) is 3.90. The van der Waals surface area contributed by atoms with Crippen molar-refractivity contribution in [3.05, 3.63) is 0 Å². The summed E-state index contributed by atoms with van der Waals surface area (Å²) in [5, 5.41) is 3.66. The summed E-state index contributed by atoms with van der Waals surface area (Å²) in [6, 6.07) is 0. The van der Waals surface area contributed by atoms with Crippen molar-refractivity contribution < 1.29 is 9.47 Å². The maximum atomic E-state index is 5.74. The molecule has 2 unspecified atom stereocenters. The van der Waals surface area contributed by atoms with Crippen LogP contribution in [0, 0.1) is 0 Å². The molecule has 17 heavy (non-hydrogen) atoms. The van der Waals surface area contributed by atoms with Crippen LogP contribution in [-0.4, -0.2) is 62.5 Å². The molecule has 1 N–H and O–H groups in total. The van der Waals surface area contributed by atoms with E-state index in [9.17, 15) is 0 Å². The number of hydrogen-bond donors (Lipinski definition) is 1. The van der Waals surface area contributed by atoms with Gasteiger partial charge in [0.25, 0.3) is 0 Å². The summed E-state index contributed by atoms with van der Waals surface area (Å²) >= 11 is 0. The molecule has 0 spiro atoms. The fourth-order valence-corrected chi connectivity index (χ4v) is 2.64. The molecule has 0 saturated carbocycles. The van der Waals surface area contributed by atoms with Gasteiger partial charge in [-0.25, -0.2) is 0 Å². The molecule has 2 aliphatic heterocycles. The third kappa shape index (κ3) is 3.91. The van der Waals surface area contributed by atoms with E-state index < -0.39 is 0 Å². The Morgan fingerprint density at radius 2 is 2.29 bits per heavy atom. The molecule has 0 aromatic heterocycles. The van der Waals surface area contributed by atoms with Crippen molar-refractivity contribution >= 4 is 0 Å². The SMILES string of the molecule is CCC1(C)CN(CC2COCCO2)CCCN1. The average molecular weight is 242 g/mol. The Bertz CT molecular complexity index is 231. The van der Waals surface area contributed by atoms with Gasteiger partial charge in [-0.1, -0.05) is 6.92 Å². The monoisotopic (exact) mass is 242 g/mol. The molecule has 2 saturated heterocycles. The molecule has 100 valence electrons. The van der Waals surface area contributed by atoms with Gasteiger partial charge >= 0.3 is 0 Å². The van der Waals surface area contributed by atoms with Crippen LogP contribution in [0.1, 0.15) is 26.7 Å². The smallest absolute Gasteiger partial charge is 0.0936 e. The molecule has 2 rings (SSSR count). The molecule has 0 aliphatic carbocycles. The molecule has 4 heteroatoms. The number of nitrogens with one attached hydrogen (secondary N) is 1. The van der Waals surface area contributed by atoms with Crippen LogP contribution in [0.5, 0.6) is 0 Å². The minimum absolute atomic E-state index is 0.256. The van der Waals surface area contributed by atoms with Crippen molar-refractivity contribution in [2.24, 2.45) is 0 Å². The molecule has 0 aromatic rings. The van der Waals surface area contributed by atoms with Gasteiger partial charge in [0, 0.05) is 18.6 Å². The van der Waals surface area contributed by atoms with E-state index in [1.54, 1.807) is 0 Å². The van der Waals surface area contributed by atoms with E-state index in [2.05, 4.69) is 24.1 Å². The fraction of sp³-hybridized carbons (Fsp3) is 1.00. The fourth-order valence-electron chi connectivity index (χ4n) is 2.64. The molecule has 0 bridgehead atoms. The van der Waals surface area contributed by atoms with E-state index in [0.717, 1.165) is 39.5 Å². The summed E-state index contributed by atoms with van der Waals surface area (Å²) in [7, 11) is 0. The highest BCUT2D eigenvalue weighted by Gasteiger charge is 2.28. The van der Waals surface area contributed by atoms with Crippen molar-refractivity contribution in [3.63, 3.8) is 0 Å². The zero-order valence-corrected chi connectivity index (χ0v) is 11.2. The first-order valence-corrected chi connectivity index (χ1v) is 6.88. The van der Waals surface area contributed by atoms with Gasteiger partial charge in [-0.2, -0.15) is 0 Å². The minimum atomic E-state index is 0.256. The zero-order chi connectivity index (χ0) is 12.1. The standard InChI is InChI=1S/C13H26N2O2/c1-3-13(2)11-15(6-4-5-14-13)9-12-10-16-7-8-17-12/h12,14H,3-11H2,1-2H3. The van der Waals surface area contributed by atoms with Crippen LogP contribution >= 0.6 is 0 Å². The van der Waals surface area contributed by atoms with Crippen LogP contribution in [-0.2, 0) is 9.47 Å². The van der Waals surface area contributed by atoms with E-state index in [0.29, 0.717) is 0 Å². The second kappa shape index (κ2) is 6.14. The largest absolute Gasteiger partial charge is 0.376 e. The van der Waals surface area contributed by atoms with Gasteiger partial charge in [0.15, 0.2) is 0 Å². The van der Waals surface area contributed by atoms with Gasteiger partial charge in [-0.05, 0) is 32.9 Å². The topological polar surface area (TPSA) is 33.7 Å². The molecule has 0 aromatic carbocycles. The highest BCUT2D eigenvalue weighted by Crippen LogP contribution is 2.16. The van der Waals surface area contributed by atoms with Gasteiger partial charge in [0.1, 0.15) is 0 Å². The predicted octanol–water partition coefficient (Wildman–Crippen LogP) is 0.866. The molecule has 2 aliphatic rings. The van der Waals surface area contributed by atoms with Crippen molar-refractivity contribution in [1.29, 1.82) is 0 Å². The van der Waals surface area contributed by atoms with E-state index in [4.69, 9.17) is 9.47 Å². The molecule has 4 nitrogen and oxygen atoms in total. The molecule has 2 atom stereocenters. The lowest BCUT2D eigenvalue weighted by molar-refractivity contribution is -0.0982. The maximum Gasteiger partial charge on any atom is 0.0936 e. The second-order valence-electron chi connectivity index (χ2n) is 5.50. The van der Waals surface area contributed by atoms with Gasteiger partial charge in [0.2, 0.25) is 0 Å². The van der Waals surface area contributed by atoms with Crippen molar-refractivity contribution in [3.8, 4) is 0 Å². The quantitative estimate of drug-likeness (QED) is 0.796. The summed E-state index contributed by atoms with van der Waals surface area (Å²) in [5.74, 6) is 0. The molecule has 0 radical (unpaired) electrons. The maximum absolute atomic E-state index is 5.74. The number of ether oxygens (including phenoxy) is 2. The first-order valence-electron chi connectivity index (χ1n) is 6.88. The van der Waals surface area contributed by atoms with Gasteiger partial charge in [-0.15, -0.1) is 0 Å². The van der Waals surface area contributed by atoms with E-state index in [1.165, 1.54) is 19.4 Å². The Kier molecular flexibility index (Phi) is 4.79. The Labute approximate surface area is 105 Å². The Balaban J connectivity index is 1.85. The van der Waals surface area contributed by atoms with Crippen molar-refractivity contribution in [2.75, 3.05) is 46.0 Å². The highest BCUT2D eigenvalue weighted by molar-refractivity contribution is 4.88. The predicted molar refractivity (Wildman–Crippen MR) is 68.3 cm³/mol. The summed E-state index contributed by atoms with van der Waals surface area (Å²) in [6.07, 6.45) is 2.66. The summed E-state index contributed by atoms with van der Waals surface area (Å²) in [6.45, 7) is 11.3. The minimum Gasteiger partial charge on any atom is -0.376 e. The Hall–Kier alpha value is -0.160. The van der Waals surface area contributed by atoms with Crippen LogP contribution in [0.15, 0.2) is 0 Å². The Morgan fingerprint density at radius 1 is 1.41 bits per heavy atom. The van der Waals surface area contributed by atoms with Crippen molar-refractivity contribution in [2.45, 2.75) is 38.3 Å². The van der Waals surface area contributed by atoms with E-state index >= 15 is 0 Å². The summed E-state index contributed by atoms with van der Waals surface area (Å²) in [5.41, 5.74) is 0.256. The van der Waals surface area contributed by atoms with Crippen LogP contribution < -0.4 is 5.32 Å². The number of rotatable bonds is 3. The van der Waals surface area contributed by atoms with E-state index in [1.807, 2.05) is 0 Å². The lowest BCUT2D eigenvalue weighted by Gasteiger charge is -2.35. The normalized spacial score (nSPS) is 36.7. The zero-order valence-electron chi connectivity index (χ0n) is 11.2. The van der Waals surface area contributed by atoms with Crippen LogP contribution in [0.4, 0.5) is 0 Å². The molecule has 2 heterocycles. The van der Waals surface area contributed by atoms with Gasteiger partial charge in [-0.3, -0.25) is 4.90 Å². The average Bonchev–Trinajstić information content (AvgIpc) is 2.53. The van der Waals surface area contributed by atoms with Gasteiger partial charge in [0.05, 0.1) is 25.9 Å². The molecular formula is C13H26N2O2. The summed E-state index contributed by atoms with van der Waals surface area (Å²) < 4.78 is 11.2. The first-order chi connectivity index (χ1) is 8.22. The lowest BCUT2D eigenvalue weighted by Crippen LogP contribution is -2.50.